The molecule has 0 radical (unpaired) electrons. The van der Waals surface area contributed by atoms with Gasteiger partial charge in [0, 0.05) is 30.0 Å². The number of thioether (sulfide) groups is 1. The van der Waals surface area contributed by atoms with Gasteiger partial charge >= 0.3 is 0 Å². The lowest BCUT2D eigenvalue weighted by atomic mass is 10.2. The highest BCUT2D eigenvalue weighted by Gasteiger charge is 2.19. The Bertz CT molecular complexity index is 1460. The number of carbonyl (C=O) groups excluding carboxylic acids is 1. The maximum atomic E-state index is 13.3. The Labute approximate surface area is 204 Å². The van der Waals surface area contributed by atoms with E-state index in [2.05, 4.69) is 5.32 Å². The average molecular weight is 497 g/mol. The van der Waals surface area contributed by atoms with Crippen LogP contribution in [-0.2, 0) is 16.1 Å². The quantitative estimate of drug-likeness (QED) is 0.200. The highest BCUT2D eigenvalue weighted by molar-refractivity contribution is 7.99. The van der Waals surface area contributed by atoms with Crippen LogP contribution in [0.15, 0.2) is 38.6 Å². The average Bonchev–Trinajstić information content (AvgIpc) is 3.33. The number of thiophene rings is 1. The van der Waals surface area contributed by atoms with E-state index in [1.54, 1.807) is 22.8 Å². The van der Waals surface area contributed by atoms with Crippen molar-refractivity contribution in [1.29, 1.82) is 5.26 Å². The van der Waals surface area contributed by atoms with Gasteiger partial charge in [-0.15, -0.1) is 11.3 Å². The summed E-state index contributed by atoms with van der Waals surface area (Å²) in [5, 5.41) is 14.0. The number of ether oxygens (including phenoxy) is 1. The van der Waals surface area contributed by atoms with Crippen molar-refractivity contribution in [2.45, 2.75) is 38.9 Å². The fraction of sp³-hybridized carbons (Fsp3) is 0.333. The standard InChI is InChI=1S/C24H24N4O4S2/c1-4-31-11-7-10-28-23(30)20-14(2)15(3)34-22(20)27-24(28)33-13-19(29)26-21-16-8-5-6-9-17(16)32-18(21)12-25/h5-6,8-9H,4,7,10-11,13H2,1-3H3,(H,26,29). The van der Waals surface area contributed by atoms with Crippen molar-refractivity contribution in [2.75, 3.05) is 24.3 Å². The molecule has 8 nitrogen and oxygen atoms in total. The summed E-state index contributed by atoms with van der Waals surface area (Å²) >= 11 is 2.68. The van der Waals surface area contributed by atoms with E-state index in [-0.39, 0.29) is 23.0 Å². The highest BCUT2D eigenvalue weighted by atomic mass is 32.2. The molecule has 0 fully saturated rings. The van der Waals surface area contributed by atoms with Crippen LogP contribution in [0, 0.1) is 25.2 Å². The number of aryl methyl sites for hydroxylation is 2. The van der Waals surface area contributed by atoms with E-state index in [1.165, 1.54) is 23.1 Å². The SMILES string of the molecule is CCOCCCn1c(SCC(=O)Nc2c(C#N)oc3ccccc23)nc2sc(C)c(C)c2c1=O. The maximum Gasteiger partial charge on any atom is 0.263 e. The van der Waals surface area contributed by atoms with Crippen LogP contribution in [0.1, 0.15) is 29.5 Å². The van der Waals surface area contributed by atoms with Crippen LogP contribution in [0.2, 0.25) is 0 Å². The molecule has 0 aliphatic carbocycles. The van der Waals surface area contributed by atoms with Gasteiger partial charge in [-0.3, -0.25) is 14.2 Å². The molecule has 1 aromatic carbocycles. The zero-order valence-electron chi connectivity index (χ0n) is 19.1. The summed E-state index contributed by atoms with van der Waals surface area (Å²) in [4.78, 5) is 32.6. The van der Waals surface area contributed by atoms with Gasteiger partial charge < -0.3 is 14.5 Å². The summed E-state index contributed by atoms with van der Waals surface area (Å²) in [5.74, 6) is -0.241. The van der Waals surface area contributed by atoms with Crippen LogP contribution >= 0.6 is 23.1 Å². The van der Waals surface area contributed by atoms with E-state index in [4.69, 9.17) is 14.1 Å². The van der Waals surface area contributed by atoms with Gasteiger partial charge in [-0.1, -0.05) is 23.9 Å². The smallest absolute Gasteiger partial charge is 0.263 e. The number of amides is 1. The van der Waals surface area contributed by atoms with Crippen molar-refractivity contribution in [1.82, 2.24) is 9.55 Å². The molecule has 4 aromatic rings. The van der Waals surface area contributed by atoms with Crippen LogP contribution in [0.25, 0.3) is 21.2 Å². The monoisotopic (exact) mass is 496 g/mol. The van der Waals surface area contributed by atoms with Gasteiger partial charge in [-0.25, -0.2) is 4.98 Å². The number of hydrogen-bond donors (Lipinski definition) is 1. The molecule has 0 saturated heterocycles. The minimum atomic E-state index is -0.318. The Balaban J connectivity index is 1.58. The van der Waals surface area contributed by atoms with Crippen LogP contribution < -0.4 is 10.9 Å². The topological polar surface area (TPSA) is 110 Å². The number of hydrogen-bond acceptors (Lipinski definition) is 8. The molecule has 0 atom stereocenters. The second-order valence-corrected chi connectivity index (χ2v) is 9.76. The summed E-state index contributed by atoms with van der Waals surface area (Å²) in [5.41, 5.74) is 1.73. The number of rotatable bonds is 9. The Hall–Kier alpha value is -3.13. The third-order valence-corrected chi connectivity index (χ3v) is 7.50. The second kappa shape index (κ2) is 10.4. The molecular weight excluding hydrogens is 472 g/mol. The number of para-hydroxylation sites is 1. The van der Waals surface area contributed by atoms with E-state index in [1.807, 2.05) is 32.9 Å². The molecule has 0 aliphatic heterocycles. The number of nitriles is 1. The first-order chi connectivity index (χ1) is 16.4. The Morgan fingerprint density at radius 3 is 2.91 bits per heavy atom. The Morgan fingerprint density at radius 2 is 2.15 bits per heavy atom. The largest absolute Gasteiger partial charge is 0.443 e. The number of nitrogens with zero attached hydrogens (tertiary/aromatic N) is 3. The van der Waals surface area contributed by atoms with Crippen molar-refractivity contribution < 1.29 is 13.9 Å². The Kier molecular flexibility index (Phi) is 7.36. The molecule has 0 unspecified atom stereocenters. The van der Waals surface area contributed by atoms with E-state index in [0.717, 1.165) is 10.4 Å². The first-order valence-corrected chi connectivity index (χ1v) is 12.7. The van der Waals surface area contributed by atoms with Crippen molar-refractivity contribution >= 4 is 55.9 Å². The minimum absolute atomic E-state index is 0.0249. The van der Waals surface area contributed by atoms with Gasteiger partial charge in [0.1, 0.15) is 22.2 Å². The second-order valence-electron chi connectivity index (χ2n) is 7.62. The summed E-state index contributed by atoms with van der Waals surface area (Å²) in [6, 6.07) is 9.13. The summed E-state index contributed by atoms with van der Waals surface area (Å²) < 4.78 is 12.6. The summed E-state index contributed by atoms with van der Waals surface area (Å²) in [7, 11) is 0. The molecule has 3 heterocycles. The zero-order valence-corrected chi connectivity index (χ0v) is 20.8. The number of furan rings is 1. The predicted octanol–water partition coefficient (Wildman–Crippen LogP) is 4.85. The van der Waals surface area contributed by atoms with Crippen molar-refractivity contribution in [2.24, 2.45) is 0 Å². The molecule has 3 aromatic heterocycles. The highest BCUT2D eigenvalue weighted by Crippen LogP contribution is 2.31. The molecule has 4 rings (SSSR count). The number of nitrogens with one attached hydrogen (secondary N) is 1. The third-order valence-electron chi connectivity index (χ3n) is 5.42. The third kappa shape index (κ3) is 4.73. The molecule has 34 heavy (non-hydrogen) atoms. The molecule has 0 spiro atoms. The fourth-order valence-electron chi connectivity index (χ4n) is 3.64. The molecule has 1 amide bonds. The maximum absolute atomic E-state index is 13.3. The summed E-state index contributed by atoms with van der Waals surface area (Å²) in [6.07, 6.45) is 0.662. The van der Waals surface area contributed by atoms with E-state index >= 15 is 0 Å². The summed E-state index contributed by atoms with van der Waals surface area (Å²) in [6.45, 7) is 7.44. The number of anilines is 1. The number of fused-ring (bicyclic) bond motifs is 2. The fourth-order valence-corrected chi connectivity index (χ4v) is 5.53. The number of carbonyl (C=O) groups is 1. The van der Waals surface area contributed by atoms with Gasteiger partial charge in [0.15, 0.2) is 5.16 Å². The number of aromatic nitrogens is 2. The lowest BCUT2D eigenvalue weighted by Crippen LogP contribution is -2.25. The van der Waals surface area contributed by atoms with Gasteiger partial charge in [-0.05, 0) is 44.9 Å². The first-order valence-electron chi connectivity index (χ1n) is 10.9. The van der Waals surface area contributed by atoms with Crippen molar-refractivity contribution in [3.63, 3.8) is 0 Å². The van der Waals surface area contributed by atoms with E-state index < -0.39 is 0 Å². The minimum Gasteiger partial charge on any atom is -0.443 e. The lowest BCUT2D eigenvalue weighted by molar-refractivity contribution is -0.113. The molecule has 1 N–H and O–H groups in total. The Morgan fingerprint density at radius 1 is 1.35 bits per heavy atom. The van der Waals surface area contributed by atoms with Crippen LogP contribution in [0.4, 0.5) is 5.69 Å². The van der Waals surface area contributed by atoms with Gasteiger partial charge in [0.2, 0.25) is 11.7 Å². The van der Waals surface area contributed by atoms with Gasteiger partial charge in [-0.2, -0.15) is 5.26 Å². The number of benzene rings is 1. The molecular formula is C24H24N4O4S2. The lowest BCUT2D eigenvalue weighted by Gasteiger charge is -2.12. The van der Waals surface area contributed by atoms with E-state index in [9.17, 15) is 14.9 Å². The molecule has 0 aliphatic rings. The first kappa shape index (κ1) is 24.0. The molecule has 0 bridgehead atoms. The van der Waals surface area contributed by atoms with Gasteiger partial charge in [0.05, 0.1) is 11.1 Å². The predicted molar refractivity (Wildman–Crippen MR) is 135 cm³/mol. The molecule has 10 heteroatoms. The van der Waals surface area contributed by atoms with Gasteiger partial charge in [0.25, 0.3) is 5.56 Å². The normalized spacial score (nSPS) is 11.2. The molecule has 0 saturated carbocycles. The molecule has 176 valence electrons. The van der Waals surface area contributed by atoms with Crippen LogP contribution in [-0.4, -0.2) is 34.4 Å². The van der Waals surface area contributed by atoms with E-state index in [0.29, 0.717) is 58.2 Å². The van der Waals surface area contributed by atoms with Crippen molar-refractivity contribution in [3.05, 3.63) is 50.8 Å². The van der Waals surface area contributed by atoms with Crippen LogP contribution in [0.5, 0.6) is 0 Å². The van der Waals surface area contributed by atoms with Crippen LogP contribution in [0.3, 0.4) is 0 Å². The zero-order chi connectivity index (χ0) is 24.2. The van der Waals surface area contributed by atoms with Crippen molar-refractivity contribution in [3.8, 4) is 6.07 Å².